The molecule has 2 rings (SSSR count). The van der Waals surface area contributed by atoms with Crippen molar-refractivity contribution in [3.05, 3.63) is 59.9 Å². The molecule has 0 heterocycles. The molecule has 156 valence electrons. The third-order valence-electron chi connectivity index (χ3n) is 3.95. The van der Waals surface area contributed by atoms with Gasteiger partial charge in [0.05, 0.1) is 11.5 Å². The summed E-state index contributed by atoms with van der Waals surface area (Å²) in [7, 11) is -3.76. The lowest BCUT2D eigenvalue weighted by molar-refractivity contribution is -0.120. The molecule has 29 heavy (non-hydrogen) atoms. The fourth-order valence-electron chi connectivity index (χ4n) is 2.38. The zero-order valence-electron chi connectivity index (χ0n) is 16.0. The van der Waals surface area contributed by atoms with Gasteiger partial charge in [-0.3, -0.25) is 9.59 Å². The maximum Gasteiger partial charge on any atom is 0.240 e. The Balaban J connectivity index is 1.65. The molecule has 2 N–H and O–H groups in total. The van der Waals surface area contributed by atoms with Crippen molar-refractivity contribution >= 4 is 21.7 Å². The van der Waals surface area contributed by atoms with E-state index < -0.39 is 15.8 Å². The van der Waals surface area contributed by atoms with E-state index in [0.717, 1.165) is 0 Å². The number of rotatable bonds is 11. The van der Waals surface area contributed by atoms with Gasteiger partial charge in [-0.15, -0.1) is 0 Å². The largest absolute Gasteiger partial charge is 0.490 e. The lowest BCUT2D eigenvalue weighted by Crippen LogP contribution is -2.31. The van der Waals surface area contributed by atoms with Gasteiger partial charge in [-0.1, -0.05) is 24.3 Å². The highest BCUT2D eigenvalue weighted by molar-refractivity contribution is 7.89. The van der Waals surface area contributed by atoms with E-state index in [2.05, 4.69) is 10.0 Å². The summed E-state index contributed by atoms with van der Waals surface area (Å²) in [5, 5.41) is 2.64. The molecule has 0 saturated heterocycles. The number of amides is 1. The summed E-state index contributed by atoms with van der Waals surface area (Å²) in [5.74, 6) is -0.757. The zero-order chi connectivity index (χ0) is 21.3. The first kappa shape index (κ1) is 22.5. The van der Waals surface area contributed by atoms with Crippen molar-refractivity contribution in [2.24, 2.45) is 0 Å². The molecule has 2 aromatic rings. The van der Waals surface area contributed by atoms with E-state index in [0.29, 0.717) is 18.5 Å². The molecule has 1 amide bonds. The Hall–Kier alpha value is -2.78. The Morgan fingerprint density at radius 2 is 1.72 bits per heavy atom. The van der Waals surface area contributed by atoms with E-state index in [1.54, 1.807) is 12.1 Å². The number of ketones is 1. The molecule has 0 spiro atoms. The Kier molecular flexibility index (Phi) is 8.29. The van der Waals surface area contributed by atoms with Crippen LogP contribution in [0.25, 0.3) is 0 Å². The number of carbonyl (C=O) groups is 2. The monoisotopic (exact) mass is 422 g/mol. The molecule has 0 bridgehead atoms. The van der Waals surface area contributed by atoms with Gasteiger partial charge in [0.1, 0.15) is 0 Å². The highest BCUT2D eigenvalue weighted by Crippen LogP contribution is 2.15. The molecular weight excluding hydrogens is 399 g/mol. The lowest BCUT2D eigenvalue weighted by Gasteiger charge is -2.09. The van der Waals surface area contributed by atoms with Gasteiger partial charge in [0, 0.05) is 25.1 Å². The molecule has 0 saturated carbocycles. The third-order valence-corrected chi connectivity index (χ3v) is 5.43. The van der Waals surface area contributed by atoms with E-state index in [-0.39, 0.29) is 41.9 Å². The summed E-state index contributed by atoms with van der Waals surface area (Å²) in [6, 6.07) is 11.6. The summed E-state index contributed by atoms with van der Waals surface area (Å²) in [6.45, 7) is 1.90. The molecule has 0 aliphatic heterocycles. The minimum atomic E-state index is -3.76. The molecule has 9 heteroatoms. The Bertz CT molecular complexity index is 946. The number of benzene rings is 2. The fraction of sp³-hybridized carbons (Fsp3) is 0.300. The van der Waals surface area contributed by atoms with Crippen LogP contribution in [0.15, 0.2) is 53.4 Å². The van der Waals surface area contributed by atoms with Crippen molar-refractivity contribution in [2.75, 3.05) is 19.7 Å². The second kappa shape index (κ2) is 10.7. The molecule has 0 radical (unpaired) electrons. The number of carbonyl (C=O) groups excluding carboxylic acids is 2. The Labute approximate surface area is 169 Å². The van der Waals surface area contributed by atoms with Crippen molar-refractivity contribution in [2.45, 2.75) is 24.7 Å². The number of nitrogens with one attached hydrogen (secondary N) is 2. The topological polar surface area (TPSA) is 102 Å². The number of halogens is 1. The van der Waals surface area contributed by atoms with Crippen LogP contribution in [0, 0.1) is 5.82 Å². The SMILES string of the molecule is CC(=O)c1ccc(S(=O)(=O)NCCC(=O)NCCCOc2ccccc2F)cc1. The van der Waals surface area contributed by atoms with E-state index in [1.807, 2.05) is 0 Å². The summed E-state index contributed by atoms with van der Waals surface area (Å²) >= 11 is 0. The van der Waals surface area contributed by atoms with Gasteiger partial charge in [0.2, 0.25) is 15.9 Å². The van der Waals surface area contributed by atoms with Gasteiger partial charge < -0.3 is 10.1 Å². The lowest BCUT2D eigenvalue weighted by atomic mass is 10.2. The van der Waals surface area contributed by atoms with Crippen LogP contribution >= 0.6 is 0 Å². The molecule has 0 fully saturated rings. The minimum absolute atomic E-state index is 0.0215. The summed E-state index contributed by atoms with van der Waals surface area (Å²) in [6.07, 6.45) is 0.452. The summed E-state index contributed by atoms with van der Waals surface area (Å²) < 4.78 is 45.4. The number of hydrogen-bond acceptors (Lipinski definition) is 5. The van der Waals surface area contributed by atoms with Crippen LogP contribution in [0.1, 0.15) is 30.1 Å². The number of ether oxygens (including phenoxy) is 1. The summed E-state index contributed by atoms with van der Waals surface area (Å²) in [5.41, 5.74) is 0.419. The van der Waals surface area contributed by atoms with Crippen molar-refractivity contribution in [3.8, 4) is 5.75 Å². The van der Waals surface area contributed by atoms with Gasteiger partial charge in [-0.2, -0.15) is 0 Å². The quantitative estimate of drug-likeness (QED) is 0.427. The van der Waals surface area contributed by atoms with Gasteiger partial charge in [0.25, 0.3) is 0 Å². The van der Waals surface area contributed by atoms with Crippen LogP contribution in [0.5, 0.6) is 5.75 Å². The van der Waals surface area contributed by atoms with E-state index in [4.69, 9.17) is 4.74 Å². The Morgan fingerprint density at radius 3 is 2.38 bits per heavy atom. The van der Waals surface area contributed by atoms with E-state index in [9.17, 15) is 22.4 Å². The number of hydrogen-bond donors (Lipinski definition) is 2. The molecule has 0 aromatic heterocycles. The van der Waals surface area contributed by atoms with Crippen LogP contribution < -0.4 is 14.8 Å². The smallest absolute Gasteiger partial charge is 0.240 e. The molecule has 2 aromatic carbocycles. The second-order valence-electron chi connectivity index (χ2n) is 6.21. The molecule has 0 aliphatic rings. The van der Waals surface area contributed by atoms with Gasteiger partial charge in [0.15, 0.2) is 17.3 Å². The highest BCUT2D eigenvalue weighted by Gasteiger charge is 2.14. The maximum atomic E-state index is 13.4. The second-order valence-corrected chi connectivity index (χ2v) is 7.98. The van der Waals surface area contributed by atoms with Crippen LogP contribution in [-0.2, 0) is 14.8 Å². The highest BCUT2D eigenvalue weighted by atomic mass is 32.2. The molecule has 0 aliphatic carbocycles. The molecule has 0 unspecified atom stereocenters. The number of sulfonamides is 1. The summed E-state index contributed by atoms with van der Waals surface area (Å²) in [4.78, 5) is 23.0. The zero-order valence-corrected chi connectivity index (χ0v) is 16.8. The Morgan fingerprint density at radius 1 is 1.03 bits per heavy atom. The predicted molar refractivity (Wildman–Crippen MR) is 106 cm³/mol. The first-order valence-corrected chi connectivity index (χ1v) is 10.5. The third kappa shape index (κ3) is 7.28. The van der Waals surface area contributed by atoms with Crippen molar-refractivity contribution in [1.29, 1.82) is 0 Å². The predicted octanol–water partition coefficient (Wildman–Crippen LogP) is 2.28. The number of para-hydroxylation sites is 1. The first-order valence-electron chi connectivity index (χ1n) is 9.04. The standard InChI is InChI=1S/C20H23FN2O5S/c1-15(24)16-7-9-17(10-8-16)29(26,27)23-13-11-20(25)22-12-4-14-28-19-6-3-2-5-18(19)21/h2-3,5-10,23H,4,11-14H2,1H3,(H,22,25). The number of Topliss-reactive ketones (excluding diaryl/α,β-unsaturated/α-hetero) is 1. The van der Waals surface area contributed by atoms with E-state index in [1.165, 1.54) is 43.3 Å². The minimum Gasteiger partial charge on any atom is -0.490 e. The molecular formula is C20H23FN2O5S. The molecule has 7 nitrogen and oxygen atoms in total. The van der Waals surface area contributed by atoms with Gasteiger partial charge in [-0.05, 0) is 37.6 Å². The van der Waals surface area contributed by atoms with Crippen LogP contribution in [0.4, 0.5) is 4.39 Å². The maximum absolute atomic E-state index is 13.4. The fourth-order valence-corrected chi connectivity index (χ4v) is 3.42. The average molecular weight is 422 g/mol. The molecule has 0 atom stereocenters. The first-order chi connectivity index (χ1) is 13.8. The van der Waals surface area contributed by atoms with Crippen molar-refractivity contribution < 1.29 is 27.1 Å². The van der Waals surface area contributed by atoms with Gasteiger partial charge in [-0.25, -0.2) is 17.5 Å². The van der Waals surface area contributed by atoms with E-state index >= 15 is 0 Å². The van der Waals surface area contributed by atoms with Crippen LogP contribution in [-0.4, -0.2) is 39.8 Å². The van der Waals surface area contributed by atoms with Crippen molar-refractivity contribution in [3.63, 3.8) is 0 Å². The normalized spacial score (nSPS) is 11.1. The average Bonchev–Trinajstić information content (AvgIpc) is 2.69. The van der Waals surface area contributed by atoms with Crippen LogP contribution in [0.3, 0.4) is 0 Å². The van der Waals surface area contributed by atoms with Crippen molar-refractivity contribution in [1.82, 2.24) is 10.0 Å². The van der Waals surface area contributed by atoms with Crippen LogP contribution in [0.2, 0.25) is 0 Å². The van der Waals surface area contributed by atoms with Gasteiger partial charge >= 0.3 is 0 Å².